The van der Waals surface area contributed by atoms with Gasteiger partial charge in [0.2, 0.25) is 0 Å². The molecule has 2 rings (SSSR count). The van der Waals surface area contributed by atoms with Crippen LogP contribution in [0.5, 0.6) is 0 Å². The summed E-state index contributed by atoms with van der Waals surface area (Å²) in [6, 6.07) is 0. The molecule has 0 saturated carbocycles. The molecule has 0 radical (unpaired) electrons. The zero-order valence-electron chi connectivity index (χ0n) is 8.23. The van der Waals surface area contributed by atoms with Gasteiger partial charge in [0, 0.05) is 5.92 Å². The average Bonchev–Trinajstić information content (AvgIpc) is 2.53. The van der Waals surface area contributed by atoms with Gasteiger partial charge in [-0.2, -0.15) is 0 Å². The molecule has 0 aromatic carbocycles. The van der Waals surface area contributed by atoms with E-state index in [0.717, 1.165) is 6.42 Å². The van der Waals surface area contributed by atoms with Crippen molar-refractivity contribution in [1.82, 2.24) is 0 Å². The fourth-order valence-electron chi connectivity index (χ4n) is 2.65. The maximum Gasteiger partial charge on any atom is 0.136 e. The van der Waals surface area contributed by atoms with E-state index >= 15 is 0 Å². The first-order valence-electron chi connectivity index (χ1n) is 5.05. The first-order valence-corrected chi connectivity index (χ1v) is 5.05. The van der Waals surface area contributed by atoms with Crippen molar-refractivity contribution in [2.24, 2.45) is 23.7 Å². The Morgan fingerprint density at radius 3 is 2.77 bits per heavy atom. The smallest absolute Gasteiger partial charge is 0.136 e. The molecule has 0 bridgehead atoms. The Kier molecular flexibility index (Phi) is 2.10. The standard InChI is InChI=1S/C12H16O/c1-8-6-7-11(9(2)13)12-5-3-4-10(8)12/h3-4,6-8,10-12H,5H2,1-2H3/t8?,10-,11?,12-/m1/s1. The fraction of sp³-hybridized carbons (Fsp3) is 0.583. The summed E-state index contributed by atoms with van der Waals surface area (Å²) in [5, 5.41) is 0. The summed E-state index contributed by atoms with van der Waals surface area (Å²) in [4.78, 5) is 11.4. The van der Waals surface area contributed by atoms with Crippen LogP contribution in [-0.4, -0.2) is 5.78 Å². The Morgan fingerprint density at radius 2 is 2.08 bits per heavy atom. The summed E-state index contributed by atoms with van der Waals surface area (Å²) in [5.41, 5.74) is 0. The Balaban J connectivity index is 2.25. The maximum atomic E-state index is 11.4. The molecule has 0 aromatic rings. The molecule has 1 nitrogen and oxygen atoms in total. The number of ketones is 1. The zero-order valence-corrected chi connectivity index (χ0v) is 8.23. The van der Waals surface area contributed by atoms with Crippen molar-refractivity contribution < 1.29 is 4.79 Å². The highest BCUT2D eigenvalue weighted by molar-refractivity contribution is 5.80. The number of allylic oxidation sites excluding steroid dienone is 4. The van der Waals surface area contributed by atoms with Crippen molar-refractivity contribution in [2.45, 2.75) is 20.3 Å². The lowest BCUT2D eigenvalue weighted by Crippen LogP contribution is -2.30. The fourth-order valence-corrected chi connectivity index (χ4v) is 2.65. The Labute approximate surface area is 79.5 Å². The number of Topliss-reactive ketones (excluding diaryl/α,β-unsaturated/α-hetero) is 1. The lowest BCUT2D eigenvalue weighted by atomic mass is 9.71. The molecule has 13 heavy (non-hydrogen) atoms. The normalized spacial score (nSPS) is 42.0. The monoisotopic (exact) mass is 176 g/mol. The Hall–Kier alpha value is -0.850. The first-order chi connectivity index (χ1) is 6.20. The lowest BCUT2D eigenvalue weighted by Gasteiger charge is -2.32. The molecule has 0 N–H and O–H groups in total. The van der Waals surface area contributed by atoms with Crippen LogP contribution in [0.25, 0.3) is 0 Å². The Bertz CT molecular complexity index is 275. The van der Waals surface area contributed by atoms with E-state index < -0.39 is 0 Å². The predicted octanol–water partition coefficient (Wildman–Crippen LogP) is 2.59. The van der Waals surface area contributed by atoms with Crippen LogP contribution in [0, 0.1) is 23.7 Å². The maximum absolute atomic E-state index is 11.4. The topological polar surface area (TPSA) is 17.1 Å². The van der Waals surface area contributed by atoms with Crippen LogP contribution >= 0.6 is 0 Å². The van der Waals surface area contributed by atoms with E-state index in [9.17, 15) is 4.79 Å². The molecule has 4 atom stereocenters. The van der Waals surface area contributed by atoms with Gasteiger partial charge in [-0.3, -0.25) is 4.79 Å². The van der Waals surface area contributed by atoms with Crippen LogP contribution < -0.4 is 0 Å². The van der Waals surface area contributed by atoms with Crippen LogP contribution in [0.3, 0.4) is 0 Å². The third-order valence-electron chi connectivity index (χ3n) is 3.42. The highest BCUT2D eigenvalue weighted by Crippen LogP contribution is 2.41. The van der Waals surface area contributed by atoms with Crippen LogP contribution in [0.15, 0.2) is 24.3 Å². The second-order valence-corrected chi connectivity index (χ2v) is 4.29. The average molecular weight is 176 g/mol. The van der Waals surface area contributed by atoms with Gasteiger partial charge in [-0.05, 0) is 31.1 Å². The zero-order chi connectivity index (χ0) is 9.42. The lowest BCUT2D eigenvalue weighted by molar-refractivity contribution is -0.121. The van der Waals surface area contributed by atoms with Crippen LogP contribution in [0.1, 0.15) is 20.3 Å². The van der Waals surface area contributed by atoms with Crippen LogP contribution in [0.2, 0.25) is 0 Å². The molecule has 0 saturated heterocycles. The first kappa shape index (κ1) is 8.74. The minimum atomic E-state index is 0.177. The van der Waals surface area contributed by atoms with E-state index in [1.807, 2.05) is 0 Å². The highest BCUT2D eigenvalue weighted by Gasteiger charge is 2.36. The van der Waals surface area contributed by atoms with Crippen molar-refractivity contribution in [3.63, 3.8) is 0 Å². The summed E-state index contributed by atoms with van der Waals surface area (Å²) in [6.07, 6.45) is 9.91. The molecule has 1 heteroatoms. The second-order valence-electron chi connectivity index (χ2n) is 4.29. The van der Waals surface area contributed by atoms with Crippen molar-refractivity contribution in [2.75, 3.05) is 0 Å². The van der Waals surface area contributed by atoms with Crippen LogP contribution in [-0.2, 0) is 4.79 Å². The minimum Gasteiger partial charge on any atom is -0.299 e. The van der Waals surface area contributed by atoms with Gasteiger partial charge in [-0.1, -0.05) is 31.2 Å². The van der Waals surface area contributed by atoms with Crippen molar-refractivity contribution >= 4 is 5.78 Å². The third-order valence-corrected chi connectivity index (χ3v) is 3.42. The number of fused-ring (bicyclic) bond motifs is 1. The van der Waals surface area contributed by atoms with E-state index in [1.54, 1.807) is 6.92 Å². The van der Waals surface area contributed by atoms with Gasteiger partial charge in [0.05, 0.1) is 0 Å². The molecule has 0 heterocycles. The minimum absolute atomic E-state index is 0.177. The van der Waals surface area contributed by atoms with Gasteiger partial charge < -0.3 is 0 Å². The second kappa shape index (κ2) is 3.13. The molecular formula is C12H16O. The van der Waals surface area contributed by atoms with Crippen molar-refractivity contribution in [1.29, 1.82) is 0 Å². The molecule has 0 spiro atoms. The molecule has 2 aliphatic carbocycles. The summed E-state index contributed by atoms with van der Waals surface area (Å²) in [7, 11) is 0. The predicted molar refractivity (Wildman–Crippen MR) is 53.2 cm³/mol. The molecule has 2 aliphatic rings. The third kappa shape index (κ3) is 1.37. The summed E-state index contributed by atoms with van der Waals surface area (Å²) >= 11 is 0. The highest BCUT2D eigenvalue weighted by atomic mass is 16.1. The van der Waals surface area contributed by atoms with E-state index in [0.29, 0.717) is 23.5 Å². The number of carbonyl (C=O) groups excluding carboxylic acids is 1. The molecule has 0 amide bonds. The van der Waals surface area contributed by atoms with Gasteiger partial charge >= 0.3 is 0 Å². The number of rotatable bonds is 1. The Morgan fingerprint density at radius 1 is 1.31 bits per heavy atom. The largest absolute Gasteiger partial charge is 0.299 e. The van der Waals surface area contributed by atoms with Gasteiger partial charge in [-0.15, -0.1) is 0 Å². The number of hydrogen-bond donors (Lipinski definition) is 0. The molecule has 2 unspecified atom stereocenters. The summed E-state index contributed by atoms with van der Waals surface area (Å²) < 4.78 is 0. The van der Waals surface area contributed by atoms with Crippen molar-refractivity contribution in [3.05, 3.63) is 24.3 Å². The van der Waals surface area contributed by atoms with E-state index in [2.05, 4.69) is 31.2 Å². The van der Waals surface area contributed by atoms with Gasteiger partial charge in [0.25, 0.3) is 0 Å². The van der Waals surface area contributed by atoms with Gasteiger partial charge in [0.15, 0.2) is 0 Å². The molecule has 0 fully saturated rings. The number of hydrogen-bond acceptors (Lipinski definition) is 1. The van der Waals surface area contributed by atoms with Gasteiger partial charge in [0.1, 0.15) is 5.78 Å². The molecule has 0 aromatic heterocycles. The SMILES string of the molecule is CC(=O)C1C=CC(C)[C@H]2C=CC[C@@H]12. The molecular weight excluding hydrogens is 160 g/mol. The molecule has 0 aliphatic heterocycles. The van der Waals surface area contributed by atoms with E-state index in [1.165, 1.54) is 0 Å². The summed E-state index contributed by atoms with van der Waals surface area (Å²) in [6.45, 7) is 3.94. The van der Waals surface area contributed by atoms with E-state index in [-0.39, 0.29) is 5.92 Å². The molecule has 70 valence electrons. The number of carbonyl (C=O) groups is 1. The summed E-state index contributed by atoms with van der Waals surface area (Å²) in [5.74, 6) is 2.27. The quantitative estimate of drug-likeness (QED) is 0.561. The van der Waals surface area contributed by atoms with Crippen molar-refractivity contribution in [3.8, 4) is 0 Å². The van der Waals surface area contributed by atoms with Crippen LogP contribution in [0.4, 0.5) is 0 Å². The van der Waals surface area contributed by atoms with E-state index in [4.69, 9.17) is 0 Å². The van der Waals surface area contributed by atoms with Gasteiger partial charge in [-0.25, -0.2) is 0 Å².